The highest BCUT2D eigenvalue weighted by molar-refractivity contribution is 6.01. The average molecular weight is 499 g/mol. The monoisotopic (exact) mass is 498 g/mol. The fourth-order valence-corrected chi connectivity index (χ4v) is 4.96. The van der Waals surface area contributed by atoms with Crippen LogP contribution in [0, 0.1) is 11.3 Å². The number of anilines is 1. The Morgan fingerprint density at radius 3 is 2.54 bits per heavy atom. The maximum Gasteiger partial charge on any atom is 0.405 e. The Balaban J connectivity index is 1.62. The molecule has 1 aliphatic heterocycles. The maximum absolute atomic E-state index is 13.0. The molecule has 2 aliphatic rings. The van der Waals surface area contributed by atoms with E-state index in [0.717, 1.165) is 41.5 Å². The molecule has 1 saturated carbocycles. The third kappa shape index (κ3) is 4.47. The lowest BCUT2D eigenvalue weighted by molar-refractivity contribution is -0.128. The molecule has 2 heterocycles. The number of amides is 2. The van der Waals surface area contributed by atoms with E-state index in [4.69, 9.17) is 14.5 Å². The van der Waals surface area contributed by atoms with Gasteiger partial charge in [-0.05, 0) is 36.5 Å². The topological polar surface area (TPSA) is 125 Å². The van der Waals surface area contributed by atoms with Crippen molar-refractivity contribution in [1.82, 2.24) is 10.3 Å². The molecule has 9 heteroatoms. The molecule has 1 aliphatic carbocycles. The summed E-state index contributed by atoms with van der Waals surface area (Å²) in [6.07, 6.45) is 0.526. The van der Waals surface area contributed by atoms with Gasteiger partial charge in [-0.3, -0.25) is 9.69 Å². The first-order chi connectivity index (χ1) is 18.0. The van der Waals surface area contributed by atoms with Crippen LogP contribution in [0.15, 0.2) is 60.7 Å². The molecule has 2 aromatic carbocycles. The Kier molecular flexibility index (Phi) is 6.51. The number of carbonyl (C=O) groups is 2. The fraction of sp³-hybridized carbons (Fsp3) is 0.286. The molecular formula is C28H26N4O5. The molecule has 0 radical (unpaired) electrons. The van der Waals surface area contributed by atoms with Crippen LogP contribution >= 0.6 is 0 Å². The van der Waals surface area contributed by atoms with Gasteiger partial charge < -0.3 is 19.9 Å². The quantitative estimate of drug-likeness (QED) is 0.465. The lowest BCUT2D eigenvalue weighted by Gasteiger charge is -2.42. The lowest BCUT2D eigenvalue weighted by atomic mass is 9.71. The number of carbonyl (C=O) groups excluding carboxylic acids is 1. The summed E-state index contributed by atoms with van der Waals surface area (Å²) < 4.78 is 11.1. The Morgan fingerprint density at radius 2 is 1.95 bits per heavy atom. The molecule has 9 nitrogen and oxygen atoms in total. The van der Waals surface area contributed by atoms with Crippen LogP contribution in [0.5, 0.6) is 5.88 Å². The largest absolute Gasteiger partial charge is 0.465 e. The number of nitriles is 1. The molecule has 188 valence electrons. The van der Waals surface area contributed by atoms with Crippen LogP contribution in [-0.2, 0) is 15.1 Å². The van der Waals surface area contributed by atoms with Crippen molar-refractivity contribution in [3.05, 3.63) is 66.2 Å². The van der Waals surface area contributed by atoms with Crippen molar-refractivity contribution in [2.75, 3.05) is 25.2 Å². The van der Waals surface area contributed by atoms with Crippen LogP contribution in [-0.4, -0.2) is 48.5 Å². The van der Waals surface area contributed by atoms with Gasteiger partial charge in [-0.15, -0.1) is 0 Å². The van der Waals surface area contributed by atoms with Crippen molar-refractivity contribution >= 4 is 17.7 Å². The fourth-order valence-electron chi connectivity index (χ4n) is 4.96. The summed E-state index contributed by atoms with van der Waals surface area (Å²) in [6, 6.07) is 21.3. The van der Waals surface area contributed by atoms with Gasteiger partial charge in [-0.1, -0.05) is 54.6 Å². The second kappa shape index (κ2) is 9.91. The van der Waals surface area contributed by atoms with Crippen LogP contribution < -0.4 is 15.0 Å². The Bertz CT molecular complexity index is 1360. The molecule has 5 rings (SSSR count). The van der Waals surface area contributed by atoms with Gasteiger partial charge in [0.15, 0.2) is 0 Å². The second-order valence-corrected chi connectivity index (χ2v) is 9.16. The predicted octanol–water partition coefficient (Wildman–Crippen LogP) is 4.33. The molecular weight excluding hydrogens is 472 g/mol. The first-order valence-corrected chi connectivity index (χ1v) is 12.0. The number of ether oxygens (including phenoxy) is 2. The maximum atomic E-state index is 13.0. The van der Waals surface area contributed by atoms with Gasteiger partial charge in [0.2, 0.25) is 12.0 Å². The number of rotatable bonds is 7. The minimum Gasteiger partial charge on any atom is -0.465 e. The minimum atomic E-state index is -1.04. The summed E-state index contributed by atoms with van der Waals surface area (Å²) in [7, 11) is 1.48. The van der Waals surface area contributed by atoms with Crippen molar-refractivity contribution in [2.45, 2.75) is 30.9 Å². The third-order valence-corrected chi connectivity index (χ3v) is 6.95. The normalized spacial score (nSPS) is 17.7. The zero-order chi connectivity index (χ0) is 26.0. The van der Waals surface area contributed by atoms with Crippen LogP contribution in [0.3, 0.4) is 0 Å². The highest BCUT2D eigenvalue weighted by atomic mass is 16.5. The van der Waals surface area contributed by atoms with E-state index in [-0.39, 0.29) is 24.9 Å². The lowest BCUT2D eigenvalue weighted by Crippen LogP contribution is -2.50. The van der Waals surface area contributed by atoms with Gasteiger partial charge in [-0.25, -0.2) is 9.78 Å². The summed E-state index contributed by atoms with van der Waals surface area (Å²) in [5.74, 6) is -0.107. The van der Waals surface area contributed by atoms with Gasteiger partial charge >= 0.3 is 6.09 Å². The van der Waals surface area contributed by atoms with Crippen molar-refractivity contribution in [1.29, 1.82) is 5.26 Å². The summed E-state index contributed by atoms with van der Waals surface area (Å²) in [5.41, 5.74) is 3.90. The SMILES string of the molecule is COCC1Oc2nc(-c3ccc(C4(NC(=O)O)CCC4)cc3)c(-c3ccccc3)cc2N(CC#N)C1=O. The van der Waals surface area contributed by atoms with Crippen molar-refractivity contribution in [2.24, 2.45) is 0 Å². The number of benzene rings is 2. The number of nitrogens with zero attached hydrogens (tertiary/aromatic N) is 3. The highest BCUT2D eigenvalue weighted by Crippen LogP contribution is 2.44. The Hall–Kier alpha value is -4.42. The van der Waals surface area contributed by atoms with Gasteiger partial charge in [0.05, 0.1) is 23.9 Å². The first-order valence-electron chi connectivity index (χ1n) is 12.0. The summed E-state index contributed by atoms with van der Waals surface area (Å²) in [6.45, 7) is -0.108. The highest BCUT2D eigenvalue weighted by Gasteiger charge is 2.40. The molecule has 1 fully saturated rings. The second-order valence-electron chi connectivity index (χ2n) is 9.16. The van der Waals surface area contributed by atoms with Gasteiger partial charge in [0.25, 0.3) is 5.91 Å². The molecule has 1 aromatic heterocycles. The molecule has 2 amide bonds. The van der Waals surface area contributed by atoms with Crippen LogP contribution in [0.4, 0.5) is 10.5 Å². The van der Waals surface area contributed by atoms with Gasteiger partial charge in [0, 0.05) is 18.2 Å². The third-order valence-electron chi connectivity index (χ3n) is 6.95. The van der Waals surface area contributed by atoms with Crippen molar-refractivity contribution < 1.29 is 24.2 Å². The van der Waals surface area contributed by atoms with Crippen molar-refractivity contribution in [3.8, 4) is 34.3 Å². The number of carboxylic acid groups (broad SMARTS) is 1. The van der Waals surface area contributed by atoms with Gasteiger partial charge in [-0.2, -0.15) is 5.26 Å². The average Bonchev–Trinajstić information content (AvgIpc) is 2.89. The molecule has 1 atom stereocenters. The summed E-state index contributed by atoms with van der Waals surface area (Å²) in [5, 5.41) is 21.4. The van der Waals surface area contributed by atoms with E-state index in [1.165, 1.54) is 12.0 Å². The standard InChI is InChI=1S/C28H26N4O5/c1-36-17-23-26(33)32(15-14-29)22-16-21(18-6-3-2-4-7-18)24(30-25(22)37-23)19-8-10-20(11-9-19)28(12-5-13-28)31-27(34)35/h2-4,6-11,16,23,31H,5,12-13,15,17H2,1H3,(H,34,35). The number of methoxy groups -OCH3 is 1. The molecule has 3 aromatic rings. The van der Waals surface area contributed by atoms with E-state index in [2.05, 4.69) is 11.4 Å². The zero-order valence-electron chi connectivity index (χ0n) is 20.3. The Morgan fingerprint density at radius 1 is 1.22 bits per heavy atom. The zero-order valence-corrected chi connectivity index (χ0v) is 20.3. The van der Waals surface area contributed by atoms with E-state index in [0.29, 0.717) is 11.4 Å². The van der Waals surface area contributed by atoms with Gasteiger partial charge in [0.1, 0.15) is 12.2 Å². The smallest absolute Gasteiger partial charge is 0.405 e. The molecule has 37 heavy (non-hydrogen) atoms. The molecule has 2 N–H and O–H groups in total. The number of hydrogen-bond donors (Lipinski definition) is 2. The first kappa shape index (κ1) is 24.3. The number of hydrogen-bond acceptors (Lipinski definition) is 6. The predicted molar refractivity (Wildman–Crippen MR) is 136 cm³/mol. The number of pyridine rings is 1. The Labute approximate surface area is 214 Å². The van der Waals surface area contributed by atoms with Crippen LogP contribution in [0.1, 0.15) is 24.8 Å². The van der Waals surface area contributed by atoms with E-state index in [9.17, 15) is 20.0 Å². The summed E-state index contributed by atoms with van der Waals surface area (Å²) >= 11 is 0. The van der Waals surface area contributed by atoms with Crippen LogP contribution in [0.25, 0.3) is 22.4 Å². The summed E-state index contributed by atoms with van der Waals surface area (Å²) in [4.78, 5) is 30.6. The molecule has 1 unspecified atom stereocenters. The molecule has 0 saturated heterocycles. The molecule has 0 bridgehead atoms. The number of fused-ring (bicyclic) bond motifs is 1. The van der Waals surface area contributed by atoms with E-state index >= 15 is 0 Å². The van der Waals surface area contributed by atoms with Crippen LogP contribution in [0.2, 0.25) is 0 Å². The number of nitrogens with one attached hydrogen (secondary N) is 1. The van der Waals surface area contributed by atoms with Crippen molar-refractivity contribution in [3.63, 3.8) is 0 Å². The number of aromatic nitrogens is 1. The minimum absolute atomic E-state index is 0.0327. The molecule has 0 spiro atoms. The van der Waals surface area contributed by atoms with E-state index < -0.39 is 17.7 Å². The van der Waals surface area contributed by atoms with E-state index in [1.807, 2.05) is 60.7 Å². The van der Waals surface area contributed by atoms with E-state index in [1.54, 1.807) is 0 Å².